The molecule has 0 aliphatic carbocycles. The molecule has 1 N–H and O–H groups in total. The van der Waals surface area contributed by atoms with Crippen LogP contribution in [0.25, 0.3) is 10.9 Å². The summed E-state index contributed by atoms with van der Waals surface area (Å²) in [5, 5.41) is 21.5. The van der Waals surface area contributed by atoms with Crippen molar-refractivity contribution in [3.63, 3.8) is 0 Å². The van der Waals surface area contributed by atoms with Gasteiger partial charge in [-0.3, -0.25) is 0 Å². The van der Waals surface area contributed by atoms with Gasteiger partial charge in [0.2, 0.25) is 5.88 Å². The van der Waals surface area contributed by atoms with Gasteiger partial charge in [0.05, 0.1) is 17.2 Å². The Bertz CT molecular complexity index is 996. The summed E-state index contributed by atoms with van der Waals surface area (Å²) in [5.41, 5.74) is 2.89. The molecule has 0 unspecified atom stereocenters. The van der Waals surface area contributed by atoms with Crippen LogP contribution in [0.3, 0.4) is 0 Å². The Kier molecular flexibility index (Phi) is 4.40. The van der Waals surface area contributed by atoms with Gasteiger partial charge in [0.1, 0.15) is 0 Å². The van der Waals surface area contributed by atoms with Gasteiger partial charge in [0.15, 0.2) is 5.69 Å². The third-order valence-electron chi connectivity index (χ3n) is 4.40. The minimum atomic E-state index is 0.131. The first-order chi connectivity index (χ1) is 12.1. The zero-order valence-corrected chi connectivity index (χ0v) is 15.7. The van der Waals surface area contributed by atoms with E-state index in [4.69, 9.17) is 23.2 Å². The number of hydrogen-bond acceptors (Lipinski definition) is 4. The zero-order chi connectivity index (χ0) is 17.6. The minimum Gasteiger partial charge on any atom is -0.493 e. The number of azo groups is 1. The quantitative estimate of drug-likeness (QED) is 0.507. The topological polar surface area (TPSA) is 49.9 Å². The molecule has 3 aromatic rings. The number of fused-ring (bicyclic) bond motifs is 1. The smallest absolute Gasteiger partial charge is 0.221 e. The SMILES string of the molecule is Cc1c(Cl)cccc1N=Nc1c(O)n(C2CSC2)c2ccc(Cl)cc12. The van der Waals surface area contributed by atoms with E-state index in [1.54, 1.807) is 0 Å². The lowest BCUT2D eigenvalue weighted by atomic mass is 10.2. The molecule has 2 aromatic carbocycles. The van der Waals surface area contributed by atoms with Crippen LogP contribution in [0.1, 0.15) is 11.6 Å². The summed E-state index contributed by atoms with van der Waals surface area (Å²) in [7, 11) is 0. The van der Waals surface area contributed by atoms with Crippen molar-refractivity contribution in [1.82, 2.24) is 4.57 Å². The molecular weight excluding hydrogens is 377 g/mol. The normalized spacial score (nSPS) is 15.2. The predicted molar refractivity (Wildman–Crippen MR) is 105 cm³/mol. The summed E-state index contributed by atoms with van der Waals surface area (Å²) in [6.07, 6.45) is 0. The number of aromatic hydroxyl groups is 1. The van der Waals surface area contributed by atoms with E-state index in [0.29, 0.717) is 21.4 Å². The van der Waals surface area contributed by atoms with Crippen LogP contribution in [-0.2, 0) is 0 Å². The molecule has 0 atom stereocenters. The van der Waals surface area contributed by atoms with Gasteiger partial charge < -0.3 is 9.67 Å². The van der Waals surface area contributed by atoms with Crippen LogP contribution in [0.4, 0.5) is 11.4 Å². The molecule has 0 radical (unpaired) electrons. The maximum Gasteiger partial charge on any atom is 0.221 e. The molecule has 1 saturated heterocycles. The molecule has 1 aliphatic rings. The van der Waals surface area contributed by atoms with E-state index < -0.39 is 0 Å². The van der Waals surface area contributed by atoms with E-state index >= 15 is 0 Å². The Morgan fingerprint density at radius 2 is 1.96 bits per heavy atom. The first kappa shape index (κ1) is 16.8. The van der Waals surface area contributed by atoms with Crippen LogP contribution in [0.15, 0.2) is 46.6 Å². The van der Waals surface area contributed by atoms with Gasteiger partial charge in [0.25, 0.3) is 0 Å². The average Bonchev–Trinajstić information content (AvgIpc) is 2.80. The van der Waals surface area contributed by atoms with Crippen molar-refractivity contribution in [3.05, 3.63) is 52.0 Å². The minimum absolute atomic E-state index is 0.131. The number of aromatic nitrogens is 1. The second-order valence-electron chi connectivity index (χ2n) is 5.98. The van der Waals surface area contributed by atoms with Crippen molar-refractivity contribution in [2.45, 2.75) is 13.0 Å². The summed E-state index contributed by atoms with van der Waals surface area (Å²) in [4.78, 5) is 0. The summed E-state index contributed by atoms with van der Waals surface area (Å²) in [6, 6.07) is 11.3. The van der Waals surface area contributed by atoms with Crippen molar-refractivity contribution in [3.8, 4) is 5.88 Å². The van der Waals surface area contributed by atoms with Crippen LogP contribution in [0.5, 0.6) is 5.88 Å². The number of hydrogen-bond donors (Lipinski definition) is 1. The van der Waals surface area contributed by atoms with E-state index in [1.807, 2.05) is 59.7 Å². The highest BCUT2D eigenvalue weighted by Crippen LogP contribution is 2.45. The molecule has 1 aliphatic heterocycles. The van der Waals surface area contributed by atoms with Gasteiger partial charge >= 0.3 is 0 Å². The molecule has 2 heterocycles. The van der Waals surface area contributed by atoms with Crippen LogP contribution >= 0.6 is 35.0 Å². The van der Waals surface area contributed by atoms with E-state index in [9.17, 15) is 5.11 Å². The fourth-order valence-electron chi connectivity index (χ4n) is 2.91. The number of nitrogens with zero attached hydrogens (tertiary/aromatic N) is 3. The van der Waals surface area contributed by atoms with E-state index in [-0.39, 0.29) is 11.9 Å². The molecule has 0 amide bonds. The molecule has 128 valence electrons. The van der Waals surface area contributed by atoms with Crippen molar-refractivity contribution in [2.24, 2.45) is 10.2 Å². The Labute approximate surface area is 159 Å². The first-order valence-electron chi connectivity index (χ1n) is 7.83. The highest BCUT2D eigenvalue weighted by Gasteiger charge is 2.27. The van der Waals surface area contributed by atoms with E-state index in [2.05, 4.69) is 10.2 Å². The molecule has 25 heavy (non-hydrogen) atoms. The van der Waals surface area contributed by atoms with Crippen LogP contribution in [-0.4, -0.2) is 21.2 Å². The molecule has 4 nitrogen and oxygen atoms in total. The van der Waals surface area contributed by atoms with Gasteiger partial charge in [-0.1, -0.05) is 29.3 Å². The van der Waals surface area contributed by atoms with Gasteiger partial charge in [-0.2, -0.15) is 16.9 Å². The Morgan fingerprint density at radius 3 is 2.68 bits per heavy atom. The second kappa shape index (κ2) is 6.56. The number of halogens is 2. The van der Waals surface area contributed by atoms with Gasteiger partial charge in [-0.15, -0.1) is 5.11 Å². The van der Waals surface area contributed by atoms with Gasteiger partial charge in [-0.25, -0.2) is 0 Å². The zero-order valence-electron chi connectivity index (χ0n) is 13.4. The largest absolute Gasteiger partial charge is 0.493 e. The summed E-state index contributed by atoms with van der Waals surface area (Å²) < 4.78 is 1.93. The number of thioether (sulfide) groups is 1. The van der Waals surface area contributed by atoms with Crippen molar-refractivity contribution >= 4 is 57.2 Å². The molecule has 0 spiro atoms. The van der Waals surface area contributed by atoms with E-state index in [1.165, 1.54) is 0 Å². The van der Waals surface area contributed by atoms with Gasteiger partial charge in [-0.05, 0) is 42.8 Å². The van der Waals surface area contributed by atoms with Crippen molar-refractivity contribution in [1.29, 1.82) is 0 Å². The van der Waals surface area contributed by atoms with Crippen LogP contribution < -0.4 is 0 Å². The Balaban J connectivity index is 1.86. The molecule has 7 heteroatoms. The molecular formula is C18H15Cl2N3OS. The highest BCUT2D eigenvalue weighted by molar-refractivity contribution is 8.00. The maximum absolute atomic E-state index is 10.8. The van der Waals surface area contributed by atoms with Crippen LogP contribution in [0.2, 0.25) is 10.0 Å². The lowest BCUT2D eigenvalue weighted by Gasteiger charge is -2.27. The average molecular weight is 392 g/mol. The first-order valence-corrected chi connectivity index (χ1v) is 9.74. The van der Waals surface area contributed by atoms with Gasteiger partial charge in [0, 0.05) is 26.9 Å². The maximum atomic E-state index is 10.8. The van der Waals surface area contributed by atoms with Crippen molar-refractivity contribution in [2.75, 3.05) is 11.5 Å². The summed E-state index contributed by atoms with van der Waals surface area (Å²) >= 11 is 14.2. The molecule has 4 rings (SSSR count). The molecule has 0 bridgehead atoms. The molecule has 0 saturated carbocycles. The van der Waals surface area contributed by atoms with Crippen LogP contribution in [0, 0.1) is 6.92 Å². The number of benzene rings is 2. The Morgan fingerprint density at radius 1 is 1.16 bits per heavy atom. The third kappa shape index (κ3) is 2.90. The standard InChI is InChI=1S/C18H15Cl2N3OS/c1-10-14(20)3-2-4-15(10)21-22-17-13-7-11(19)5-6-16(13)23(18(17)24)12-8-25-9-12/h2-7,12,24H,8-9H2,1H3. The molecule has 1 fully saturated rings. The summed E-state index contributed by atoms with van der Waals surface area (Å²) in [6.45, 7) is 1.89. The second-order valence-corrected chi connectivity index (χ2v) is 7.90. The lowest BCUT2D eigenvalue weighted by molar-refractivity contribution is 0.406. The van der Waals surface area contributed by atoms with E-state index in [0.717, 1.165) is 28.0 Å². The monoisotopic (exact) mass is 391 g/mol. The lowest BCUT2D eigenvalue weighted by Crippen LogP contribution is -2.22. The van der Waals surface area contributed by atoms with Crippen molar-refractivity contribution < 1.29 is 5.11 Å². The third-order valence-corrected chi connectivity index (χ3v) is 6.28. The fourth-order valence-corrected chi connectivity index (χ4v) is 3.99. The number of rotatable bonds is 3. The molecule has 1 aromatic heterocycles. The highest BCUT2D eigenvalue weighted by atomic mass is 35.5. The fraction of sp³-hybridized carbons (Fsp3) is 0.222. The summed E-state index contributed by atoms with van der Waals surface area (Å²) in [5.74, 6) is 2.08. The Hall–Kier alpha value is -1.69. The predicted octanol–water partition coefficient (Wildman–Crippen LogP) is 6.67.